The van der Waals surface area contributed by atoms with Crippen molar-refractivity contribution in [3.05, 3.63) is 0 Å². The SMILES string of the molecule is CC(CN)CNC(=O)CNC(=O)C(C)(C)C. The molecule has 4 N–H and O–H groups in total. The van der Waals surface area contributed by atoms with E-state index in [9.17, 15) is 9.59 Å². The van der Waals surface area contributed by atoms with Gasteiger partial charge in [-0.2, -0.15) is 0 Å². The molecule has 0 aliphatic heterocycles. The Labute approximate surface area is 97.2 Å². The number of amides is 2. The van der Waals surface area contributed by atoms with E-state index in [-0.39, 0.29) is 24.3 Å². The summed E-state index contributed by atoms with van der Waals surface area (Å²) in [5.41, 5.74) is 4.95. The lowest BCUT2D eigenvalue weighted by molar-refractivity contribution is -0.131. The number of rotatable bonds is 5. The molecule has 0 spiro atoms. The smallest absolute Gasteiger partial charge is 0.239 e. The van der Waals surface area contributed by atoms with Gasteiger partial charge in [-0.1, -0.05) is 27.7 Å². The average molecular weight is 229 g/mol. The van der Waals surface area contributed by atoms with Crippen molar-refractivity contribution < 1.29 is 9.59 Å². The summed E-state index contributed by atoms with van der Waals surface area (Å²) in [5.74, 6) is -0.0605. The molecular weight excluding hydrogens is 206 g/mol. The second kappa shape index (κ2) is 6.48. The van der Waals surface area contributed by atoms with Crippen molar-refractivity contribution in [1.82, 2.24) is 10.6 Å². The number of hydrogen-bond acceptors (Lipinski definition) is 3. The summed E-state index contributed by atoms with van der Waals surface area (Å²) >= 11 is 0. The minimum atomic E-state index is -0.467. The van der Waals surface area contributed by atoms with Crippen molar-refractivity contribution in [2.24, 2.45) is 17.1 Å². The van der Waals surface area contributed by atoms with Crippen molar-refractivity contribution in [3.63, 3.8) is 0 Å². The van der Waals surface area contributed by atoms with Crippen LogP contribution >= 0.6 is 0 Å². The first-order valence-corrected chi connectivity index (χ1v) is 5.52. The van der Waals surface area contributed by atoms with E-state index in [2.05, 4.69) is 10.6 Å². The van der Waals surface area contributed by atoms with E-state index < -0.39 is 5.41 Å². The molecule has 94 valence electrons. The third kappa shape index (κ3) is 6.40. The Kier molecular flexibility index (Phi) is 6.03. The Morgan fingerprint density at radius 1 is 1.25 bits per heavy atom. The molecular formula is C11H23N3O2. The first-order chi connectivity index (χ1) is 7.27. The standard InChI is InChI=1S/C11H23N3O2/c1-8(5-12)6-13-9(15)7-14-10(16)11(2,3)4/h8H,5-7,12H2,1-4H3,(H,13,15)(H,14,16). The lowest BCUT2D eigenvalue weighted by atomic mass is 9.96. The number of hydrogen-bond donors (Lipinski definition) is 3. The zero-order valence-corrected chi connectivity index (χ0v) is 10.6. The van der Waals surface area contributed by atoms with Crippen LogP contribution in [0, 0.1) is 11.3 Å². The van der Waals surface area contributed by atoms with Gasteiger partial charge < -0.3 is 16.4 Å². The van der Waals surface area contributed by atoms with Crippen molar-refractivity contribution in [3.8, 4) is 0 Å². The maximum absolute atomic E-state index is 11.5. The molecule has 0 bridgehead atoms. The molecule has 0 saturated carbocycles. The van der Waals surface area contributed by atoms with E-state index in [0.29, 0.717) is 13.1 Å². The van der Waals surface area contributed by atoms with Crippen LogP contribution in [0.2, 0.25) is 0 Å². The van der Waals surface area contributed by atoms with Crippen LogP contribution in [0.15, 0.2) is 0 Å². The van der Waals surface area contributed by atoms with Gasteiger partial charge in [-0.15, -0.1) is 0 Å². The van der Waals surface area contributed by atoms with Gasteiger partial charge in [0.2, 0.25) is 11.8 Å². The van der Waals surface area contributed by atoms with Crippen LogP contribution in [0.25, 0.3) is 0 Å². The summed E-state index contributed by atoms with van der Waals surface area (Å²) in [6.45, 7) is 8.46. The molecule has 0 heterocycles. The number of nitrogens with one attached hydrogen (secondary N) is 2. The highest BCUT2D eigenvalue weighted by Gasteiger charge is 2.21. The minimum Gasteiger partial charge on any atom is -0.354 e. The Balaban J connectivity index is 3.78. The van der Waals surface area contributed by atoms with Gasteiger partial charge in [-0.3, -0.25) is 9.59 Å². The van der Waals surface area contributed by atoms with Crippen LogP contribution in [0.4, 0.5) is 0 Å². The normalized spacial score (nSPS) is 13.1. The van der Waals surface area contributed by atoms with E-state index in [0.717, 1.165) is 0 Å². The Hall–Kier alpha value is -1.10. The summed E-state index contributed by atoms with van der Waals surface area (Å²) in [7, 11) is 0. The lowest BCUT2D eigenvalue weighted by Gasteiger charge is -2.17. The number of carbonyl (C=O) groups excluding carboxylic acids is 2. The fourth-order valence-corrected chi connectivity index (χ4v) is 0.860. The quantitative estimate of drug-likeness (QED) is 0.613. The third-order valence-corrected chi connectivity index (χ3v) is 2.14. The maximum Gasteiger partial charge on any atom is 0.239 e. The Bertz CT molecular complexity index is 246. The molecule has 16 heavy (non-hydrogen) atoms. The van der Waals surface area contributed by atoms with E-state index in [1.165, 1.54) is 0 Å². The van der Waals surface area contributed by atoms with E-state index in [4.69, 9.17) is 5.73 Å². The molecule has 0 radical (unpaired) electrons. The van der Waals surface area contributed by atoms with Gasteiger partial charge in [0.15, 0.2) is 0 Å². The fraction of sp³-hybridized carbons (Fsp3) is 0.818. The Morgan fingerprint density at radius 2 is 1.81 bits per heavy atom. The van der Waals surface area contributed by atoms with Crippen LogP contribution in [-0.4, -0.2) is 31.4 Å². The molecule has 0 aromatic carbocycles. The highest BCUT2D eigenvalue weighted by Crippen LogP contribution is 2.11. The molecule has 0 aliphatic rings. The monoisotopic (exact) mass is 229 g/mol. The maximum atomic E-state index is 11.5. The topological polar surface area (TPSA) is 84.2 Å². The summed E-state index contributed by atoms with van der Waals surface area (Å²) in [4.78, 5) is 22.8. The summed E-state index contributed by atoms with van der Waals surface area (Å²) < 4.78 is 0. The minimum absolute atomic E-state index is 0.0212. The van der Waals surface area contributed by atoms with Crippen LogP contribution in [-0.2, 0) is 9.59 Å². The summed E-state index contributed by atoms with van der Waals surface area (Å²) in [6, 6.07) is 0. The predicted octanol–water partition coefficient (Wildman–Crippen LogP) is -0.140. The molecule has 5 nitrogen and oxygen atoms in total. The molecule has 5 heteroatoms. The van der Waals surface area contributed by atoms with Crippen LogP contribution < -0.4 is 16.4 Å². The lowest BCUT2D eigenvalue weighted by Crippen LogP contribution is -2.43. The second-order valence-electron chi connectivity index (χ2n) is 5.08. The molecule has 1 unspecified atom stereocenters. The van der Waals surface area contributed by atoms with Gasteiger partial charge in [0.25, 0.3) is 0 Å². The molecule has 0 aliphatic carbocycles. The summed E-state index contributed by atoms with van der Waals surface area (Å²) in [6.07, 6.45) is 0. The summed E-state index contributed by atoms with van der Waals surface area (Å²) in [5, 5.41) is 5.29. The third-order valence-electron chi connectivity index (χ3n) is 2.14. The van der Waals surface area contributed by atoms with Crippen molar-refractivity contribution in [2.45, 2.75) is 27.7 Å². The van der Waals surface area contributed by atoms with Crippen molar-refractivity contribution in [2.75, 3.05) is 19.6 Å². The molecule has 0 aromatic rings. The largest absolute Gasteiger partial charge is 0.354 e. The number of nitrogens with two attached hydrogens (primary N) is 1. The number of carbonyl (C=O) groups is 2. The van der Waals surface area contributed by atoms with E-state index in [1.807, 2.05) is 6.92 Å². The van der Waals surface area contributed by atoms with Crippen molar-refractivity contribution >= 4 is 11.8 Å². The highest BCUT2D eigenvalue weighted by atomic mass is 16.2. The molecule has 0 aromatic heterocycles. The fourth-order valence-electron chi connectivity index (χ4n) is 0.860. The van der Waals surface area contributed by atoms with Gasteiger partial charge in [0.1, 0.15) is 0 Å². The van der Waals surface area contributed by atoms with Gasteiger partial charge in [0.05, 0.1) is 6.54 Å². The van der Waals surface area contributed by atoms with Gasteiger partial charge in [-0.25, -0.2) is 0 Å². The van der Waals surface area contributed by atoms with Crippen LogP contribution in [0.3, 0.4) is 0 Å². The molecule has 0 fully saturated rings. The average Bonchev–Trinajstić information content (AvgIpc) is 2.20. The van der Waals surface area contributed by atoms with E-state index in [1.54, 1.807) is 20.8 Å². The molecule has 0 saturated heterocycles. The molecule has 2 amide bonds. The molecule has 1 atom stereocenters. The zero-order chi connectivity index (χ0) is 12.8. The molecule has 0 rings (SSSR count). The van der Waals surface area contributed by atoms with Gasteiger partial charge >= 0.3 is 0 Å². The van der Waals surface area contributed by atoms with Crippen molar-refractivity contribution in [1.29, 1.82) is 0 Å². The van der Waals surface area contributed by atoms with E-state index >= 15 is 0 Å². The Morgan fingerprint density at radius 3 is 2.25 bits per heavy atom. The van der Waals surface area contributed by atoms with Gasteiger partial charge in [0, 0.05) is 12.0 Å². The zero-order valence-electron chi connectivity index (χ0n) is 10.6. The first-order valence-electron chi connectivity index (χ1n) is 5.52. The van der Waals surface area contributed by atoms with Crippen LogP contribution in [0.1, 0.15) is 27.7 Å². The predicted molar refractivity (Wildman–Crippen MR) is 63.7 cm³/mol. The van der Waals surface area contributed by atoms with Crippen LogP contribution in [0.5, 0.6) is 0 Å². The van der Waals surface area contributed by atoms with Gasteiger partial charge in [-0.05, 0) is 12.5 Å². The second-order valence-corrected chi connectivity index (χ2v) is 5.08. The first kappa shape index (κ1) is 14.9. The highest BCUT2D eigenvalue weighted by molar-refractivity contribution is 5.87.